The molecule has 0 amide bonds. The van der Waals surface area contributed by atoms with E-state index >= 15 is 0 Å². The number of hydrogen-bond donors (Lipinski definition) is 0. The summed E-state index contributed by atoms with van der Waals surface area (Å²) in [6.45, 7) is 7.01. The second-order valence-electron chi connectivity index (χ2n) is 6.40. The molecule has 92 valence electrons. The smallest absolute Gasteiger partial charge is 0.0128 e. The molecule has 0 bridgehead atoms. The van der Waals surface area contributed by atoms with Crippen molar-refractivity contribution in [2.75, 3.05) is 0 Å². The van der Waals surface area contributed by atoms with Gasteiger partial charge in [-0.2, -0.15) is 0 Å². The molecule has 0 N–H and O–H groups in total. The Morgan fingerprint density at radius 3 is 2.71 bits per heavy atom. The van der Waals surface area contributed by atoms with Crippen molar-refractivity contribution >= 4 is 0 Å². The Hall–Kier alpha value is -0.780. The third-order valence-corrected chi connectivity index (χ3v) is 5.33. The SMILES string of the molecule is Cc1ccc2c(c1C)CCC1CCC(C)CC21. The number of rotatable bonds is 0. The largest absolute Gasteiger partial charge is 0.0625 e. The van der Waals surface area contributed by atoms with E-state index in [0.717, 1.165) is 17.8 Å². The zero-order valence-corrected chi connectivity index (χ0v) is 11.4. The highest BCUT2D eigenvalue weighted by molar-refractivity contribution is 5.43. The summed E-state index contributed by atoms with van der Waals surface area (Å²) >= 11 is 0. The van der Waals surface area contributed by atoms with Crippen molar-refractivity contribution in [1.29, 1.82) is 0 Å². The maximum absolute atomic E-state index is 2.44. The van der Waals surface area contributed by atoms with Crippen LogP contribution in [0, 0.1) is 25.7 Å². The van der Waals surface area contributed by atoms with E-state index in [4.69, 9.17) is 0 Å². The molecular weight excluding hydrogens is 204 g/mol. The van der Waals surface area contributed by atoms with Crippen LogP contribution in [0.4, 0.5) is 0 Å². The highest BCUT2D eigenvalue weighted by Gasteiger charge is 2.34. The predicted molar refractivity (Wildman–Crippen MR) is 73.5 cm³/mol. The molecule has 0 saturated heterocycles. The van der Waals surface area contributed by atoms with E-state index in [0.29, 0.717) is 0 Å². The van der Waals surface area contributed by atoms with Gasteiger partial charge in [-0.05, 0) is 79.5 Å². The van der Waals surface area contributed by atoms with Crippen molar-refractivity contribution in [1.82, 2.24) is 0 Å². The first-order chi connectivity index (χ1) is 8.16. The molecule has 2 aliphatic carbocycles. The minimum absolute atomic E-state index is 0.877. The second-order valence-corrected chi connectivity index (χ2v) is 6.40. The Morgan fingerprint density at radius 1 is 1.06 bits per heavy atom. The molecule has 3 atom stereocenters. The quantitative estimate of drug-likeness (QED) is 0.600. The van der Waals surface area contributed by atoms with Crippen LogP contribution in [0.1, 0.15) is 60.8 Å². The summed E-state index contributed by atoms with van der Waals surface area (Å²) in [6.07, 6.45) is 7.13. The molecule has 0 heterocycles. The third kappa shape index (κ3) is 1.82. The van der Waals surface area contributed by atoms with Gasteiger partial charge in [0, 0.05) is 0 Å². The summed E-state index contributed by atoms with van der Waals surface area (Å²) in [5.41, 5.74) is 6.45. The van der Waals surface area contributed by atoms with Crippen LogP contribution in [-0.2, 0) is 6.42 Å². The highest BCUT2D eigenvalue weighted by atomic mass is 14.4. The summed E-state index contributed by atoms with van der Waals surface area (Å²) in [6, 6.07) is 4.78. The second kappa shape index (κ2) is 4.15. The van der Waals surface area contributed by atoms with Gasteiger partial charge in [0.1, 0.15) is 0 Å². The van der Waals surface area contributed by atoms with Crippen LogP contribution in [0.2, 0.25) is 0 Å². The normalized spacial score (nSPS) is 31.8. The first-order valence-electron chi connectivity index (χ1n) is 7.25. The van der Waals surface area contributed by atoms with Gasteiger partial charge < -0.3 is 0 Å². The van der Waals surface area contributed by atoms with Gasteiger partial charge in [-0.3, -0.25) is 0 Å². The molecule has 17 heavy (non-hydrogen) atoms. The number of benzene rings is 1. The molecule has 3 rings (SSSR count). The number of aryl methyl sites for hydroxylation is 1. The molecule has 0 heteroatoms. The summed E-state index contributed by atoms with van der Waals surface area (Å²) in [7, 11) is 0. The van der Waals surface area contributed by atoms with E-state index in [2.05, 4.69) is 32.9 Å². The molecule has 1 aromatic rings. The monoisotopic (exact) mass is 228 g/mol. The standard InChI is InChI=1S/C17H24/c1-11-4-6-14-7-9-15-13(3)12(2)5-8-16(15)17(14)10-11/h5,8,11,14,17H,4,6-7,9-10H2,1-3H3. The zero-order valence-electron chi connectivity index (χ0n) is 11.4. The van der Waals surface area contributed by atoms with E-state index in [1.165, 1.54) is 37.7 Å². The van der Waals surface area contributed by atoms with Gasteiger partial charge >= 0.3 is 0 Å². The first kappa shape index (κ1) is 11.3. The van der Waals surface area contributed by atoms with Crippen LogP contribution < -0.4 is 0 Å². The van der Waals surface area contributed by atoms with Crippen molar-refractivity contribution in [2.45, 2.75) is 58.8 Å². The Balaban J connectivity index is 2.03. The van der Waals surface area contributed by atoms with E-state index in [1.54, 1.807) is 16.7 Å². The van der Waals surface area contributed by atoms with Gasteiger partial charge in [-0.15, -0.1) is 0 Å². The molecule has 3 unspecified atom stereocenters. The fourth-order valence-electron chi connectivity index (χ4n) is 4.07. The molecular formula is C17H24. The van der Waals surface area contributed by atoms with Gasteiger partial charge in [0.05, 0.1) is 0 Å². The molecule has 1 fully saturated rings. The minimum Gasteiger partial charge on any atom is -0.0625 e. The molecule has 0 nitrogen and oxygen atoms in total. The van der Waals surface area contributed by atoms with Crippen LogP contribution in [0.15, 0.2) is 12.1 Å². The van der Waals surface area contributed by atoms with E-state index in [1.807, 2.05) is 0 Å². The van der Waals surface area contributed by atoms with Gasteiger partial charge in [0.2, 0.25) is 0 Å². The maximum atomic E-state index is 2.44. The lowest BCUT2D eigenvalue weighted by atomic mass is 9.65. The lowest BCUT2D eigenvalue weighted by Gasteiger charge is -2.40. The molecule has 0 radical (unpaired) electrons. The van der Waals surface area contributed by atoms with Gasteiger partial charge in [0.15, 0.2) is 0 Å². The Labute approximate surface area is 105 Å². The van der Waals surface area contributed by atoms with Crippen molar-refractivity contribution in [2.24, 2.45) is 11.8 Å². The lowest BCUT2D eigenvalue weighted by Crippen LogP contribution is -2.27. The summed E-state index contributed by atoms with van der Waals surface area (Å²) in [4.78, 5) is 0. The zero-order chi connectivity index (χ0) is 12.0. The summed E-state index contributed by atoms with van der Waals surface area (Å²) in [5, 5.41) is 0. The van der Waals surface area contributed by atoms with Crippen molar-refractivity contribution in [3.05, 3.63) is 34.4 Å². The minimum atomic E-state index is 0.877. The van der Waals surface area contributed by atoms with Crippen molar-refractivity contribution in [3.63, 3.8) is 0 Å². The van der Waals surface area contributed by atoms with Crippen LogP contribution in [0.25, 0.3) is 0 Å². The van der Waals surface area contributed by atoms with Crippen molar-refractivity contribution in [3.8, 4) is 0 Å². The highest BCUT2D eigenvalue weighted by Crippen LogP contribution is 2.47. The van der Waals surface area contributed by atoms with E-state index in [-0.39, 0.29) is 0 Å². The maximum Gasteiger partial charge on any atom is -0.0128 e. The predicted octanol–water partition coefficient (Wildman–Crippen LogP) is 4.77. The van der Waals surface area contributed by atoms with Gasteiger partial charge in [0.25, 0.3) is 0 Å². The molecule has 0 aliphatic heterocycles. The molecule has 2 aliphatic rings. The molecule has 0 spiro atoms. The van der Waals surface area contributed by atoms with Crippen LogP contribution in [0.5, 0.6) is 0 Å². The van der Waals surface area contributed by atoms with Gasteiger partial charge in [-0.25, -0.2) is 0 Å². The van der Waals surface area contributed by atoms with E-state index < -0.39 is 0 Å². The topological polar surface area (TPSA) is 0 Å². The van der Waals surface area contributed by atoms with E-state index in [9.17, 15) is 0 Å². The summed E-state index contributed by atoms with van der Waals surface area (Å²) in [5.74, 6) is 2.80. The van der Waals surface area contributed by atoms with Crippen LogP contribution in [0.3, 0.4) is 0 Å². The Morgan fingerprint density at radius 2 is 1.88 bits per heavy atom. The Bertz CT molecular complexity index is 430. The number of fused-ring (bicyclic) bond motifs is 3. The average molecular weight is 228 g/mol. The fraction of sp³-hybridized carbons (Fsp3) is 0.647. The third-order valence-electron chi connectivity index (χ3n) is 5.33. The first-order valence-corrected chi connectivity index (χ1v) is 7.25. The Kier molecular flexibility index (Phi) is 2.77. The van der Waals surface area contributed by atoms with Crippen LogP contribution >= 0.6 is 0 Å². The van der Waals surface area contributed by atoms with Crippen LogP contribution in [-0.4, -0.2) is 0 Å². The van der Waals surface area contributed by atoms with Gasteiger partial charge in [-0.1, -0.05) is 25.5 Å². The fourth-order valence-corrected chi connectivity index (χ4v) is 4.07. The number of hydrogen-bond acceptors (Lipinski definition) is 0. The lowest BCUT2D eigenvalue weighted by molar-refractivity contribution is 0.225. The molecule has 1 aromatic carbocycles. The molecule has 1 saturated carbocycles. The average Bonchev–Trinajstić information content (AvgIpc) is 2.33. The van der Waals surface area contributed by atoms with Crippen molar-refractivity contribution < 1.29 is 0 Å². The summed E-state index contributed by atoms with van der Waals surface area (Å²) < 4.78 is 0. The molecule has 0 aromatic heterocycles.